The Kier molecular flexibility index (Phi) is 2.21. The molecular weight excluding hydrogens is 312 g/mol. The normalized spacial score (nSPS) is 48.4. The number of amides is 2. The highest BCUT2D eigenvalue weighted by Crippen LogP contribution is 2.69. The zero-order chi connectivity index (χ0) is 12.7. The predicted octanol–water partition coefficient (Wildman–Crippen LogP) is 2.04. The number of alkyl halides is 2. The summed E-state index contributed by atoms with van der Waals surface area (Å²) in [5.74, 6) is -3.46. The standard InChI is InChI=1S/C9H5Cl4NO3/c10-4-5(11)9(13)1-8(4,12)2-3(9)7(16)14(17)6(2)15/h2-3,17H,1H2/t2-,3-,8+,9+/m1/s1. The molecule has 0 aromatic rings. The first kappa shape index (κ1) is 12.1. The third-order valence-electron chi connectivity index (χ3n) is 3.71. The molecule has 1 heterocycles. The van der Waals surface area contributed by atoms with E-state index < -0.39 is 33.4 Å². The van der Waals surface area contributed by atoms with Gasteiger partial charge in [-0.1, -0.05) is 23.2 Å². The minimum atomic E-state index is -1.28. The van der Waals surface area contributed by atoms with Gasteiger partial charge in [0.1, 0.15) is 0 Å². The zero-order valence-corrected chi connectivity index (χ0v) is 11.1. The molecule has 2 amide bonds. The van der Waals surface area contributed by atoms with Crippen LogP contribution in [0.15, 0.2) is 10.1 Å². The first-order valence-electron chi connectivity index (χ1n) is 4.76. The molecule has 8 heteroatoms. The van der Waals surface area contributed by atoms with Gasteiger partial charge in [-0.25, -0.2) is 0 Å². The monoisotopic (exact) mass is 315 g/mol. The topological polar surface area (TPSA) is 57.6 Å². The van der Waals surface area contributed by atoms with Crippen molar-refractivity contribution in [3.63, 3.8) is 0 Å². The van der Waals surface area contributed by atoms with Gasteiger partial charge in [-0.2, -0.15) is 5.06 Å². The number of hydrogen-bond acceptors (Lipinski definition) is 3. The van der Waals surface area contributed by atoms with Crippen LogP contribution in [0.3, 0.4) is 0 Å². The first-order valence-corrected chi connectivity index (χ1v) is 6.27. The number of carbonyl (C=O) groups excluding carboxylic acids is 2. The summed E-state index contributed by atoms with van der Waals surface area (Å²) in [4.78, 5) is 21.0. The highest BCUT2D eigenvalue weighted by Gasteiger charge is 2.76. The Labute approximate surface area is 116 Å². The van der Waals surface area contributed by atoms with Crippen molar-refractivity contribution >= 4 is 58.2 Å². The van der Waals surface area contributed by atoms with E-state index >= 15 is 0 Å². The number of rotatable bonds is 0. The van der Waals surface area contributed by atoms with E-state index in [1.807, 2.05) is 0 Å². The number of halogens is 4. The van der Waals surface area contributed by atoms with Crippen molar-refractivity contribution in [2.24, 2.45) is 11.8 Å². The third kappa shape index (κ3) is 1.08. The van der Waals surface area contributed by atoms with E-state index in [1.165, 1.54) is 0 Å². The van der Waals surface area contributed by atoms with Crippen LogP contribution in [0.1, 0.15) is 6.42 Å². The maximum Gasteiger partial charge on any atom is 0.259 e. The van der Waals surface area contributed by atoms with Gasteiger partial charge in [0, 0.05) is 0 Å². The maximum atomic E-state index is 11.8. The lowest BCUT2D eigenvalue weighted by molar-refractivity contribution is -0.173. The van der Waals surface area contributed by atoms with Gasteiger partial charge in [0.2, 0.25) is 0 Å². The van der Waals surface area contributed by atoms with Crippen molar-refractivity contribution in [1.82, 2.24) is 5.06 Å². The van der Waals surface area contributed by atoms with Gasteiger partial charge in [0.25, 0.3) is 11.8 Å². The van der Waals surface area contributed by atoms with Crippen LogP contribution in [-0.4, -0.2) is 31.8 Å². The molecule has 1 saturated carbocycles. The average Bonchev–Trinajstić information content (AvgIpc) is 2.72. The summed E-state index contributed by atoms with van der Waals surface area (Å²) in [5.41, 5.74) is 0. The van der Waals surface area contributed by atoms with E-state index in [0.29, 0.717) is 0 Å². The molecule has 1 N–H and O–H groups in total. The first-order chi connectivity index (χ1) is 7.75. The fraction of sp³-hybridized carbons (Fsp3) is 0.556. The second-order valence-corrected chi connectivity index (χ2v) is 6.58. The predicted molar refractivity (Wildman–Crippen MR) is 61.1 cm³/mol. The summed E-state index contributed by atoms with van der Waals surface area (Å²) in [7, 11) is 0. The Bertz CT molecular complexity index is 464. The Morgan fingerprint density at radius 3 is 1.76 bits per heavy atom. The largest absolute Gasteiger partial charge is 0.278 e. The van der Waals surface area contributed by atoms with Gasteiger partial charge in [0.05, 0.1) is 31.6 Å². The molecule has 3 aliphatic rings. The molecule has 4 nitrogen and oxygen atoms in total. The van der Waals surface area contributed by atoms with Crippen LogP contribution in [0.2, 0.25) is 0 Å². The molecule has 1 saturated heterocycles. The van der Waals surface area contributed by atoms with Crippen molar-refractivity contribution in [3.05, 3.63) is 10.1 Å². The van der Waals surface area contributed by atoms with Gasteiger partial charge in [-0.05, 0) is 6.42 Å². The van der Waals surface area contributed by atoms with E-state index in [2.05, 4.69) is 0 Å². The van der Waals surface area contributed by atoms with Crippen LogP contribution < -0.4 is 0 Å². The summed E-state index contributed by atoms with van der Waals surface area (Å²) in [6, 6.07) is 0. The van der Waals surface area contributed by atoms with Crippen molar-refractivity contribution in [3.8, 4) is 0 Å². The number of nitrogens with zero attached hydrogens (tertiary/aromatic N) is 1. The van der Waals surface area contributed by atoms with Crippen molar-refractivity contribution in [2.45, 2.75) is 16.2 Å². The molecule has 17 heavy (non-hydrogen) atoms. The smallest absolute Gasteiger partial charge is 0.259 e. The van der Waals surface area contributed by atoms with Gasteiger partial charge >= 0.3 is 0 Å². The van der Waals surface area contributed by atoms with Gasteiger partial charge in [-0.3, -0.25) is 14.8 Å². The van der Waals surface area contributed by atoms with Gasteiger partial charge in [0.15, 0.2) is 0 Å². The lowest BCUT2D eigenvalue weighted by Gasteiger charge is -2.28. The van der Waals surface area contributed by atoms with Crippen LogP contribution in [0.5, 0.6) is 0 Å². The minimum absolute atomic E-state index is 0.0579. The molecule has 0 spiro atoms. The second kappa shape index (κ2) is 3.11. The van der Waals surface area contributed by atoms with Crippen LogP contribution in [0.4, 0.5) is 0 Å². The summed E-state index contributed by atoms with van der Waals surface area (Å²) >= 11 is 24.5. The lowest BCUT2D eigenvalue weighted by Crippen LogP contribution is -2.38. The average molecular weight is 317 g/mol. The zero-order valence-electron chi connectivity index (χ0n) is 8.08. The molecule has 92 valence electrons. The number of fused-ring (bicyclic) bond motifs is 5. The molecule has 2 bridgehead atoms. The molecule has 2 fully saturated rings. The third-order valence-corrected chi connectivity index (χ3v) is 6.16. The van der Waals surface area contributed by atoms with Crippen molar-refractivity contribution < 1.29 is 14.8 Å². The molecule has 2 aliphatic carbocycles. The molecule has 0 radical (unpaired) electrons. The van der Waals surface area contributed by atoms with Crippen LogP contribution in [0, 0.1) is 11.8 Å². The van der Waals surface area contributed by atoms with Crippen molar-refractivity contribution in [2.75, 3.05) is 0 Å². The summed E-state index contributed by atoms with van der Waals surface area (Å²) in [6.07, 6.45) is 0.113. The molecule has 0 unspecified atom stereocenters. The highest BCUT2D eigenvalue weighted by atomic mass is 35.5. The maximum absolute atomic E-state index is 11.8. The fourth-order valence-electron chi connectivity index (χ4n) is 2.96. The number of allylic oxidation sites excluding steroid dienone is 2. The Hall–Kier alpha value is -0.000000000000000167. The van der Waals surface area contributed by atoms with E-state index in [9.17, 15) is 14.8 Å². The Morgan fingerprint density at radius 2 is 1.41 bits per heavy atom. The van der Waals surface area contributed by atoms with Gasteiger partial charge in [-0.15, -0.1) is 23.2 Å². The molecule has 0 aromatic heterocycles. The SMILES string of the molecule is O=C1[C@H]2[C@H](C(=O)N1O)[C@@]1(Cl)C[C@@]2(Cl)C(Cl)=C1Cl. The minimum Gasteiger partial charge on any atom is -0.278 e. The quantitative estimate of drug-likeness (QED) is 0.423. The molecule has 4 atom stereocenters. The molecular formula is C9H5Cl4NO3. The van der Waals surface area contributed by atoms with E-state index in [-0.39, 0.29) is 21.5 Å². The van der Waals surface area contributed by atoms with Crippen LogP contribution in [-0.2, 0) is 9.59 Å². The number of hydroxylamine groups is 2. The lowest BCUT2D eigenvalue weighted by atomic mass is 9.84. The van der Waals surface area contributed by atoms with Gasteiger partial charge < -0.3 is 0 Å². The van der Waals surface area contributed by atoms with Crippen molar-refractivity contribution in [1.29, 1.82) is 0 Å². The van der Waals surface area contributed by atoms with Crippen LogP contribution >= 0.6 is 46.4 Å². The van der Waals surface area contributed by atoms with E-state index in [0.717, 1.165) is 0 Å². The Balaban J connectivity index is 2.25. The summed E-state index contributed by atoms with van der Waals surface area (Å²) < 4.78 is 0. The number of imide groups is 1. The Morgan fingerprint density at radius 1 is 1.06 bits per heavy atom. The summed E-state index contributed by atoms with van der Waals surface area (Å²) in [6.45, 7) is 0. The molecule has 0 aromatic carbocycles. The second-order valence-electron chi connectivity index (χ2n) is 4.47. The molecule has 3 rings (SSSR count). The van der Waals surface area contributed by atoms with Crippen LogP contribution in [0.25, 0.3) is 0 Å². The highest BCUT2D eigenvalue weighted by molar-refractivity contribution is 6.52. The fourth-order valence-corrected chi connectivity index (χ4v) is 4.88. The number of hydrogen-bond donors (Lipinski definition) is 1. The summed E-state index contributed by atoms with van der Waals surface area (Å²) in [5, 5.41) is 9.59. The number of carbonyl (C=O) groups is 2. The molecule has 1 aliphatic heterocycles. The van der Waals surface area contributed by atoms with E-state index in [1.54, 1.807) is 0 Å². The van der Waals surface area contributed by atoms with E-state index in [4.69, 9.17) is 46.4 Å².